The van der Waals surface area contributed by atoms with E-state index in [0.29, 0.717) is 11.3 Å². The molecule has 0 heterocycles. The van der Waals surface area contributed by atoms with Crippen molar-refractivity contribution in [3.8, 4) is 6.07 Å². The van der Waals surface area contributed by atoms with Crippen molar-refractivity contribution in [1.29, 1.82) is 5.26 Å². The number of nitrogens with zero attached hydrogens (tertiary/aromatic N) is 1. The standard InChI is InChI=1S/C15H10ClFN2O/c1-9-5-6-10(8-18)7-13(9)19-15(20)11-3-2-4-12(17)14(11)16/h2-7H,1H3,(H,19,20). The fourth-order valence-electron chi connectivity index (χ4n) is 1.70. The minimum absolute atomic E-state index is 0.0495. The number of nitrogens with one attached hydrogen (secondary N) is 1. The average Bonchev–Trinajstić information content (AvgIpc) is 2.44. The highest BCUT2D eigenvalue weighted by Gasteiger charge is 2.14. The highest BCUT2D eigenvalue weighted by atomic mass is 35.5. The molecule has 0 aliphatic carbocycles. The van der Waals surface area contributed by atoms with Crippen LogP contribution in [0.3, 0.4) is 0 Å². The van der Waals surface area contributed by atoms with Crippen molar-refractivity contribution >= 4 is 23.2 Å². The van der Waals surface area contributed by atoms with Crippen LogP contribution in [0.25, 0.3) is 0 Å². The highest BCUT2D eigenvalue weighted by Crippen LogP contribution is 2.22. The van der Waals surface area contributed by atoms with E-state index in [1.165, 1.54) is 18.2 Å². The Bertz CT molecular complexity index is 722. The number of halogens is 2. The Morgan fingerprint density at radius 1 is 1.35 bits per heavy atom. The first-order valence-corrected chi connectivity index (χ1v) is 6.17. The topological polar surface area (TPSA) is 52.9 Å². The Hall–Kier alpha value is -2.38. The van der Waals surface area contributed by atoms with Crippen molar-refractivity contribution < 1.29 is 9.18 Å². The Kier molecular flexibility index (Phi) is 4.02. The van der Waals surface area contributed by atoms with Crippen LogP contribution in [0.1, 0.15) is 21.5 Å². The number of hydrogen-bond acceptors (Lipinski definition) is 2. The number of nitriles is 1. The van der Waals surface area contributed by atoms with E-state index in [1.54, 1.807) is 25.1 Å². The molecule has 0 saturated heterocycles. The number of benzene rings is 2. The normalized spacial score (nSPS) is 9.90. The molecular weight excluding hydrogens is 279 g/mol. The van der Waals surface area contributed by atoms with Crippen LogP contribution in [0.15, 0.2) is 36.4 Å². The van der Waals surface area contributed by atoms with Crippen LogP contribution in [0.2, 0.25) is 5.02 Å². The zero-order valence-corrected chi connectivity index (χ0v) is 11.3. The summed E-state index contributed by atoms with van der Waals surface area (Å²) in [6, 6.07) is 11.0. The third kappa shape index (κ3) is 2.79. The van der Waals surface area contributed by atoms with Crippen molar-refractivity contribution in [2.75, 3.05) is 5.32 Å². The number of hydrogen-bond donors (Lipinski definition) is 1. The van der Waals surface area contributed by atoms with Gasteiger partial charge in [-0.2, -0.15) is 5.26 Å². The third-order valence-corrected chi connectivity index (χ3v) is 3.20. The van der Waals surface area contributed by atoms with Crippen molar-refractivity contribution in [2.45, 2.75) is 6.92 Å². The van der Waals surface area contributed by atoms with Crippen LogP contribution in [0.4, 0.5) is 10.1 Å². The zero-order chi connectivity index (χ0) is 14.7. The molecule has 3 nitrogen and oxygen atoms in total. The molecule has 0 aliphatic heterocycles. The van der Waals surface area contributed by atoms with E-state index < -0.39 is 11.7 Å². The van der Waals surface area contributed by atoms with Crippen molar-refractivity contribution in [3.63, 3.8) is 0 Å². The average molecular weight is 289 g/mol. The van der Waals surface area contributed by atoms with Gasteiger partial charge < -0.3 is 5.32 Å². The van der Waals surface area contributed by atoms with Crippen LogP contribution in [0, 0.1) is 24.1 Å². The van der Waals surface area contributed by atoms with Gasteiger partial charge in [-0.05, 0) is 36.8 Å². The molecule has 0 unspecified atom stereocenters. The summed E-state index contributed by atoms with van der Waals surface area (Å²) in [5.74, 6) is -1.17. The first kappa shape index (κ1) is 14.0. The summed E-state index contributed by atoms with van der Waals surface area (Å²) in [5, 5.41) is 11.3. The molecule has 5 heteroatoms. The van der Waals surface area contributed by atoms with Crippen molar-refractivity contribution in [1.82, 2.24) is 0 Å². The maximum atomic E-state index is 13.3. The van der Waals surface area contributed by atoms with Gasteiger partial charge in [-0.15, -0.1) is 0 Å². The van der Waals surface area contributed by atoms with Gasteiger partial charge in [0.05, 0.1) is 22.2 Å². The van der Waals surface area contributed by atoms with Crippen LogP contribution in [-0.2, 0) is 0 Å². The van der Waals surface area contributed by atoms with E-state index in [2.05, 4.69) is 5.32 Å². The van der Waals surface area contributed by atoms with Crippen LogP contribution in [-0.4, -0.2) is 5.91 Å². The molecule has 1 N–H and O–H groups in total. The van der Waals surface area contributed by atoms with E-state index in [0.717, 1.165) is 5.56 Å². The third-order valence-electron chi connectivity index (χ3n) is 2.81. The number of aryl methyl sites for hydroxylation is 1. The quantitative estimate of drug-likeness (QED) is 0.911. The van der Waals surface area contributed by atoms with Gasteiger partial charge in [0.15, 0.2) is 0 Å². The zero-order valence-electron chi connectivity index (χ0n) is 10.6. The molecule has 0 atom stereocenters. The summed E-state index contributed by atoms with van der Waals surface area (Å²) < 4.78 is 13.3. The molecule has 0 bridgehead atoms. The summed E-state index contributed by atoms with van der Waals surface area (Å²) in [7, 11) is 0. The Balaban J connectivity index is 2.33. The van der Waals surface area contributed by atoms with Crippen LogP contribution < -0.4 is 5.32 Å². The second-order valence-electron chi connectivity index (χ2n) is 4.20. The molecule has 2 aromatic rings. The predicted molar refractivity (Wildman–Crippen MR) is 75.3 cm³/mol. The van der Waals surface area contributed by atoms with Gasteiger partial charge in [-0.25, -0.2) is 4.39 Å². The van der Waals surface area contributed by atoms with Crippen LogP contribution in [0.5, 0.6) is 0 Å². The van der Waals surface area contributed by atoms with E-state index >= 15 is 0 Å². The molecule has 20 heavy (non-hydrogen) atoms. The van der Waals surface area contributed by atoms with Gasteiger partial charge >= 0.3 is 0 Å². The maximum Gasteiger partial charge on any atom is 0.257 e. The molecule has 0 aliphatic rings. The van der Waals surface area contributed by atoms with Gasteiger partial charge in [0.25, 0.3) is 5.91 Å². The first-order chi connectivity index (χ1) is 9.52. The molecule has 1 amide bonds. The summed E-state index contributed by atoms with van der Waals surface area (Å²) in [4.78, 5) is 12.1. The Labute approximate surface area is 120 Å². The van der Waals surface area contributed by atoms with E-state index in [4.69, 9.17) is 16.9 Å². The minimum atomic E-state index is -0.651. The summed E-state index contributed by atoms with van der Waals surface area (Å²) in [6.45, 7) is 1.80. The van der Waals surface area contributed by atoms with Crippen LogP contribution >= 0.6 is 11.6 Å². The molecule has 0 spiro atoms. The smallest absolute Gasteiger partial charge is 0.257 e. The number of anilines is 1. The van der Waals surface area contributed by atoms with Gasteiger partial charge in [0.1, 0.15) is 5.82 Å². The molecule has 2 rings (SSSR count). The van der Waals surface area contributed by atoms with Gasteiger partial charge in [0.2, 0.25) is 0 Å². The summed E-state index contributed by atoms with van der Waals surface area (Å²) in [6.07, 6.45) is 0. The number of amides is 1. The SMILES string of the molecule is Cc1ccc(C#N)cc1NC(=O)c1cccc(F)c1Cl. The predicted octanol–water partition coefficient (Wildman–Crippen LogP) is 3.91. The Morgan fingerprint density at radius 2 is 2.10 bits per heavy atom. The Morgan fingerprint density at radius 3 is 2.80 bits per heavy atom. The number of rotatable bonds is 2. The molecule has 0 radical (unpaired) electrons. The lowest BCUT2D eigenvalue weighted by molar-refractivity contribution is 0.102. The number of carbonyl (C=O) groups is 1. The van der Waals surface area contributed by atoms with Gasteiger partial charge in [0, 0.05) is 5.69 Å². The minimum Gasteiger partial charge on any atom is -0.322 e. The first-order valence-electron chi connectivity index (χ1n) is 5.79. The number of carbonyl (C=O) groups excluding carboxylic acids is 1. The fraction of sp³-hybridized carbons (Fsp3) is 0.0667. The largest absolute Gasteiger partial charge is 0.322 e. The van der Waals surface area contributed by atoms with Crippen molar-refractivity contribution in [3.05, 3.63) is 63.9 Å². The maximum absolute atomic E-state index is 13.3. The molecule has 0 aromatic heterocycles. The second kappa shape index (κ2) is 5.72. The summed E-state index contributed by atoms with van der Waals surface area (Å²) >= 11 is 5.76. The lowest BCUT2D eigenvalue weighted by Crippen LogP contribution is -2.14. The monoisotopic (exact) mass is 288 g/mol. The molecule has 0 saturated carbocycles. The second-order valence-corrected chi connectivity index (χ2v) is 4.57. The molecule has 100 valence electrons. The van der Waals surface area contributed by atoms with E-state index in [9.17, 15) is 9.18 Å². The fourth-order valence-corrected chi connectivity index (χ4v) is 1.91. The van der Waals surface area contributed by atoms with E-state index in [1.807, 2.05) is 6.07 Å². The lowest BCUT2D eigenvalue weighted by atomic mass is 10.1. The highest BCUT2D eigenvalue weighted by molar-refractivity contribution is 6.34. The van der Waals surface area contributed by atoms with Crippen molar-refractivity contribution in [2.24, 2.45) is 0 Å². The lowest BCUT2D eigenvalue weighted by Gasteiger charge is -2.10. The van der Waals surface area contributed by atoms with E-state index in [-0.39, 0.29) is 10.6 Å². The van der Waals surface area contributed by atoms with Gasteiger partial charge in [-0.3, -0.25) is 4.79 Å². The summed E-state index contributed by atoms with van der Waals surface area (Å²) in [5.41, 5.74) is 1.77. The molecule has 2 aromatic carbocycles. The molecule has 0 fully saturated rings. The molecular formula is C15H10ClFN2O. The van der Waals surface area contributed by atoms with Gasteiger partial charge in [-0.1, -0.05) is 23.7 Å².